The normalized spacial score (nSPS) is 11.5. The van der Waals surface area contributed by atoms with Crippen LogP contribution in [0.4, 0.5) is 26.3 Å². The second-order valence-electron chi connectivity index (χ2n) is 5.21. The average Bonchev–Trinajstić information content (AvgIpc) is 2.89. The maximum Gasteiger partial charge on any atom is 0.450 e. The summed E-state index contributed by atoms with van der Waals surface area (Å²) >= 11 is 0. The van der Waals surface area contributed by atoms with E-state index in [2.05, 4.69) is 5.10 Å². The Bertz CT molecular complexity index is 763. The van der Waals surface area contributed by atoms with Crippen molar-refractivity contribution < 1.29 is 35.9 Å². The second kappa shape index (κ2) is 8.15. The van der Waals surface area contributed by atoms with E-state index in [1.165, 1.54) is 11.6 Å². The van der Waals surface area contributed by atoms with Crippen LogP contribution in [0.3, 0.4) is 0 Å². The van der Waals surface area contributed by atoms with E-state index in [0.29, 0.717) is 5.69 Å². The number of para-hydroxylation sites is 1. The smallest absolute Gasteiger partial charge is 0.300 e. The van der Waals surface area contributed by atoms with Crippen molar-refractivity contribution in [1.82, 2.24) is 9.78 Å². The molecule has 0 atom stereocenters. The van der Waals surface area contributed by atoms with Crippen molar-refractivity contribution in [2.45, 2.75) is 32.6 Å². The molecule has 4 nitrogen and oxygen atoms in total. The molecule has 0 unspecified atom stereocenters. The molecule has 0 saturated carbocycles. The van der Waals surface area contributed by atoms with Crippen molar-refractivity contribution >= 4 is 11.6 Å². The molecule has 0 aliphatic heterocycles. The molecule has 1 heterocycles. The maximum absolute atomic E-state index is 12.5. The first-order chi connectivity index (χ1) is 11.8. The Kier molecular flexibility index (Phi) is 6.71. The van der Waals surface area contributed by atoms with E-state index in [0.717, 1.165) is 13.1 Å². The van der Waals surface area contributed by atoms with Crippen LogP contribution in [0.5, 0.6) is 0 Å². The van der Waals surface area contributed by atoms with E-state index < -0.39 is 35.9 Å². The topological polar surface area (TPSA) is 52.0 Å². The van der Waals surface area contributed by atoms with Crippen LogP contribution in [0.2, 0.25) is 0 Å². The SMILES string of the molecule is CC(=O)CC(=O)C(F)(F)F.Cc1nn(-c2ccccc2)cc1C(F)(F)F. The van der Waals surface area contributed by atoms with E-state index >= 15 is 0 Å². The highest BCUT2D eigenvalue weighted by molar-refractivity contribution is 6.00. The van der Waals surface area contributed by atoms with Crippen LogP contribution in [0.15, 0.2) is 36.5 Å². The predicted octanol–water partition coefficient (Wildman–Crippen LogP) is 4.30. The molecule has 2 aromatic rings. The summed E-state index contributed by atoms with van der Waals surface area (Å²) in [5, 5.41) is 3.84. The summed E-state index contributed by atoms with van der Waals surface area (Å²) in [5.41, 5.74) is -0.103. The Morgan fingerprint density at radius 1 is 1.04 bits per heavy atom. The summed E-state index contributed by atoms with van der Waals surface area (Å²) in [6.07, 6.45) is -9.27. The van der Waals surface area contributed by atoms with Gasteiger partial charge in [-0.1, -0.05) is 18.2 Å². The van der Waals surface area contributed by atoms with Gasteiger partial charge in [-0.25, -0.2) is 4.68 Å². The van der Waals surface area contributed by atoms with Crippen LogP contribution in [-0.2, 0) is 15.8 Å². The molecule has 0 aliphatic rings. The number of aromatic nitrogens is 2. The van der Waals surface area contributed by atoms with E-state index in [1.807, 2.05) is 0 Å². The van der Waals surface area contributed by atoms with Crippen molar-refractivity contribution in [3.63, 3.8) is 0 Å². The number of halogens is 6. The Morgan fingerprint density at radius 3 is 1.92 bits per heavy atom. The number of carbonyl (C=O) groups is 2. The third kappa shape index (κ3) is 6.34. The predicted molar refractivity (Wildman–Crippen MR) is 79.7 cm³/mol. The van der Waals surface area contributed by atoms with Gasteiger partial charge in [-0.05, 0) is 26.0 Å². The first kappa shape index (κ1) is 21.4. The van der Waals surface area contributed by atoms with Gasteiger partial charge in [0.15, 0.2) is 0 Å². The van der Waals surface area contributed by atoms with Crippen LogP contribution < -0.4 is 0 Å². The fourth-order valence-electron chi connectivity index (χ4n) is 1.78. The zero-order valence-corrected chi connectivity index (χ0v) is 13.6. The van der Waals surface area contributed by atoms with Crippen molar-refractivity contribution in [2.24, 2.45) is 0 Å². The molecule has 142 valence electrons. The van der Waals surface area contributed by atoms with Crippen LogP contribution in [0, 0.1) is 6.92 Å². The monoisotopic (exact) mass is 380 g/mol. The van der Waals surface area contributed by atoms with Gasteiger partial charge < -0.3 is 0 Å². The van der Waals surface area contributed by atoms with Crippen LogP contribution >= 0.6 is 0 Å². The number of hydrogen-bond acceptors (Lipinski definition) is 3. The minimum Gasteiger partial charge on any atom is -0.300 e. The summed E-state index contributed by atoms with van der Waals surface area (Å²) in [6.45, 7) is 2.28. The van der Waals surface area contributed by atoms with Gasteiger partial charge in [-0.2, -0.15) is 31.4 Å². The second-order valence-corrected chi connectivity index (χ2v) is 5.21. The molecular weight excluding hydrogens is 366 g/mol. The fraction of sp³-hybridized carbons (Fsp3) is 0.312. The highest BCUT2D eigenvalue weighted by Crippen LogP contribution is 2.31. The number of alkyl halides is 6. The maximum atomic E-state index is 12.5. The molecule has 0 amide bonds. The van der Waals surface area contributed by atoms with Gasteiger partial charge in [-0.15, -0.1) is 0 Å². The third-order valence-corrected chi connectivity index (χ3v) is 2.95. The van der Waals surface area contributed by atoms with E-state index in [-0.39, 0.29) is 5.69 Å². The van der Waals surface area contributed by atoms with Crippen LogP contribution in [-0.4, -0.2) is 27.5 Å². The first-order valence-electron chi connectivity index (χ1n) is 7.10. The summed E-state index contributed by atoms with van der Waals surface area (Å²) < 4.78 is 72.7. The Labute approximate surface area is 144 Å². The minimum atomic E-state index is -4.87. The fourth-order valence-corrected chi connectivity index (χ4v) is 1.78. The molecule has 0 radical (unpaired) electrons. The quantitative estimate of drug-likeness (QED) is 0.590. The molecule has 0 aliphatic carbocycles. The van der Waals surface area contributed by atoms with Gasteiger partial charge in [-0.3, -0.25) is 9.59 Å². The molecule has 0 bridgehead atoms. The number of hydrogen-bond donors (Lipinski definition) is 0. The molecule has 10 heteroatoms. The summed E-state index contributed by atoms with van der Waals surface area (Å²) in [6, 6.07) is 8.70. The zero-order valence-electron chi connectivity index (χ0n) is 13.6. The minimum absolute atomic E-state index is 0.0173. The van der Waals surface area contributed by atoms with Gasteiger partial charge in [0.1, 0.15) is 5.78 Å². The Balaban J connectivity index is 0.000000294. The molecule has 1 aromatic carbocycles. The molecule has 1 aromatic heterocycles. The lowest BCUT2D eigenvalue weighted by Crippen LogP contribution is -2.24. The Hall–Kier alpha value is -2.65. The lowest BCUT2D eigenvalue weighted by molar-refractivity contribution is -0.171. The van der Waals surface area contributed by atoms with Crippen molar-refractivity contribution in [1.29, 1.82) is 0 Å². The highest BCUT2D eigenvalue weighted by atomic mass is 19.4. The van der Waals surface area contributed by atoms with Gasteiger partial charge in [0.25, 0.3) is 0 Å². The zero-order chi connectivity index (χ0) is 20.1. The van der Waals surface area contributed by atoms with Crippen LogP contribution in [0.1, 0.15) is 24.6 Å². The molecule has 2 rings (SSSR count). The third-order valence-electron chi connectivity index (χ3n) is 2.95. The average molecular weight is 380 g/mol. The number of nitrogens with zero attached hydrogens (tertiary/aromatic N) is 2. The standard InChI is InChI=1S/C11H9F3N2.C5H5F3O2/c1-8-10(11(12,13)14)7-16(15-8)9-5-3-2-4-6-9;1-3(9)2-4(10)5(6,7)8/h2-7H,1H3;2H2,1H3. The number of Topliss-reactive ketones (excluding diaryl/α,β-unsaturated/α-hetero) is 2. The number of benzene rings is 1. The lowest BCUT2D eigenvalue weighted by atomic mass is 10.2. The number of rotatable bonds is 3. The van der Waals surface area contributed by atoms with E-state index in [4.69, 9.17) is 0 Å². The Morgan fingerprint density at radius 2 is 1.58 bits per heavy atom. The largest absolute Gasteiger partial charge is 0.450 e. The van der Waals surface area contributed by atoms with Crippen LogP contribution in [0.25, 0.3) is 5.69 Å². The van der Waals surface area contributed by atoms with Gasteiger partial charge in [0.05, 0.1) is 23.4 Å². The molecular formula is C16H14F6N2O2. The van der Waals surface area contributed by atoms with E-state index in [1.54, 1.807) is 30.3 Å². The number of carbonyl (C=O) groups excluding carboxylic acids is 2. The molecule has 0 N–H and O–H groups in total. The van der Waals surface area contributed by atoms with Crippen molar-refractivity contribution in [2.75, 3.05) is 0 Å². The van der Waals surface area contributed by atoms with Crippen molar-refractivity contribution in [3.8, 4) is 5.69 Å². The van der Waals surface area contributed by atoms with Crippen molar-refractivity contribution in [3.05, 3.63) is 47.8 Å². The summed E-state index contributed by atoms with van der Waals surface area (Å²) in [7, 11) is 0. The van der Waals surface area contributed by atoms with E-state index in [9.17, 15) is 35.9 Å². The first-order valence-corrected chi connectivity index (χ1v) is 7.10. The number of aryl methyl sites for hydroxylation is 1. The summed E-state index contributed by atoms with van der Waals surface area (Å²) in [4.78, 5) is 19.9. The van der Waals surface area contributed by atoms with Gasteiger partial charge in [0.2, 0.25) is 5.78 Å². The highest BCUT2D eigenvalue weighted by Gasteiger charge is 2.38. The summed E-state index contributed by atoms with van der Waals surface area (Å²) in [5.74, 6) is -2.76. The molecule has 26 heavy (non-hydrogen) atoms. The molecule has 0 fully saturated rings. The molecule has 0 saturated heterocycles. The number of ketones is 2. The lowest BCUT2D eigenvalue weighted by Gasteiger charge is -2.02. The van der Waals surface area contributed by atoms with Gasteiger partial charge in [0, 0.05) is 6.20 Å². The van der Waals surface area contributed by atoms with Gasteiger partial charge >= 0.3 is 12.4 Å². The molecule has 0 spiro atoms.